The Morgan fingerprint density at radius 3 is 2.65 bits per heavy atom. The molecule has 1 aromatic carbocycles. The lowest BCUT2D eigenvalue weighted by Crippen LogP contribution is -2.32. The van der Waals surface area contributed by atoms with Crippen molar-refractivity contribution in [3.05, 3.63) is 29.3 Å². The lowest BCUT2D eigenvalue weighted by molar-refractivity contribution is 0.243. The summed E-state index contributed by atoms with van der Waals surface area (Å²) in [5.74, 6) is 0.260. The van der Waals surface area contributed by atoms with Crippen molar-refractivity contribution >= 4 is 23.3 Å². The number of carbonyl (C=O) groups excluding carboxylic acids is 1. The van der Waals surface area contributed by atoms with Crippen molar-refractivity contribution in [2.24, 2.45) is 5.92 Å². The summed E-state index contributed by atoms with van der Waals surface area (Å²) >= 11 is 5.73. The number of benzene rings is 1. The molecule has 0 heterocycles. The maximum atomic E-state index is 11.5. The Morgan fingerprint density at radius 1 is 1.41 bits per heavy atom. The van der Waals surface area contributed by atoms with Crippen LogP contribution in [0.1, 0.15) is 13.3 Å². The highest BCUT2D eigenvalue weighted by Gasteiger charge is 2.05. The van der Waals surface area contributed by atoms with Crippen molar-refractivity contribution in [1.29, 1.82) is 0 Å². The van der Waals surface area contributed by atoms with E-state index >= 15 is 0 Å². The summed E-state index contributed by atoms with van der Waals surface area (Å²) in [5.41, 5.74) is 0.696. The third-order valence-electron chi connectivity index (χ3n) is 2.34. The van der Waals surface area contributed by atoms with E-state index in [-0.39, 0.29) is 18.6 Å². The molecule has 1 rings (SSSR count). The van der Waals surface area contributed by atoms with Crippen LogP contribution in [0.15, 0.2) is 24.3 Å². The molecular weight excluding hydrogens is 240 g/mol. The van der Waals surface area contributed by atoms with E-state index < -0.39 is 0 Å². The number of urea groups is 1. The molecule has 0 aliphatic heterocycles. The third kappa shape index (κ3) is 5.56. The van der Waals surface area contributed by atoms with Gasteiger partial charge < -0.3 is 15.7 Å². The molecule has 1 aromatic rings. The van der Waals surface area contributed by atoms with E-state index in [1.165, 1.54) is 0 Å². The van der Waals surface area contributed by atoms with Crippen molar-refractivity contribution in [3.63, 3.8) is 0 Å². The Labute approximate surface area is 106 Å². The van der Waals surface area contributed by atoms with Crippen LogP contribution in [-0.4, -0.2) is 24.3 Å². The smallest absolute Gasteiger partial charge is 0.319 e. The van der Waals surface area contributed by atoms with Crippen LogP contribution in [0.25, 0.3) is 0 Å². The molecule has 1 atom stereocenters. The molecule has 0 aromatic heterocycles. The Kier molecular flexibility index (Phi) is 5.80. The molecule has 0 bridgehead atoms. The van der Waals surface area contributed by atoms with Gasteiger partial charge in [0.15, 0.2) is 0 Å². The predicted molar refractivity (Wildman–Crippen MR) is 69.3 cm³/mol. The van der Waals surface area contributed by atoms with Gasteiger partial charge in [-0.1, -0.05) is 18.5 Å². The number of amides is 2. The van der Waals surface area contributed by atoms with Crippen LogP contribution < -0.4 is 10.6 Å². The number of aliphatic hydroxyl groups excluding tert-OH is 1. The van der Waals surface area contributed by atoms with Gasteiger partial charge in [0.1, 0.15) is 0 Å². The fourth-order valence-electron chi connectivity index (χ4n) is 1.30. The zero-order chi connectivity index (χ0) is 12.7. The van der Waals surface area contributed by atoms with Crippen LogP contribution in [0.5, 0.6) is 0 Å². The monoisotopic (exact) mass is 256 g/mol. The molecule has 0 aliphatic carbocycles. The van der Waals surface area contributed by atoms with Crippen LogP contribution in [0.4, 0.5) is 10.5 Å². The number of rotatable bonds is 5. The first kappa shape index (κ1) is 13.8. The van der Waals surface area contributed by atoms with Gasteiger partial charge in [-0.15, -0.1) is 0 Å². The first-order valence-electron chi connectivity index (χ1n) is 5.53. The topological polar surface area (TPSA) is 61.4 Å². The van der Waals surface area contributed by atoms with E-state index in [1.807, 2.05) is 6.92 Å². The molecule has 0 fully saturated rings. The van der Waals surface area contributed by atoms with E-state index in [0.29, 0.717) is 23.7 Å². The fourth-order valence-corrected chi connectivity index (χ4v) is 1.42. The molecule has 0 spiro atoms. The lowest BCUT2D eigenvalue weighted by Gasteiger charge is -2.12. The Bertz CT molecular complexity index is 354. The number of aliphatic hydroxyl groups is 1. The first-order valence-corrected chi connectivity index (χ1v) is 5.91. The van der Waals surface area contributed by atoms with Gasteiger partial charge in [-0.25, -0.2) is 4.79 Å². The quantitative estimate of drug-likeness (QED) is 0.758. The predicted octanol–water partition coefficient (Wildman–Crippen LogP) is 2.48. The summed E-state index contributed by atoms with van der Waals surface area (Å²) in [6.07, 6.45) is 0.682. The second kappa shape index (κ2) is 7.14. The van der Waals surface area contributed by atoms with Gasteiger partial charge in [-0.3, -0.25) is 0 Å². The molecule has 5 heteroatoms. The second-order valence-electron chi connectivity index (χ2n) is 3.96. The zero-order valence-electron chi connectivity index (χ0n) is 9.74. The number of hydrogen-bond donors (Lipinski definition) is 3. The lowest BCUT2D eigenvalue weighted by atomic mass is 10.1. The van der Waals surface area contributed by atoms with Crippen LogP contribution in [0, 0.1) is 5.92 Å². The van der Waals surface area contributed by atoms with E-state index in [2.05, 4.69) is 10.6 Å². The molecule has 0 saturated heterocycles. The van der Waals surface area contributed by atoms with Crippen LogP contribution >= 0.6 is 11.6 Å². The Balaban J connectivity index is 2.32. The number of nitrogens with one attached hydrogen (secondary N) is 2. The second-order valence-corrected chi connectivity index (χ2v) is 4.40. The molecule has 94 valence electrons. The summed E-state index contributed by atoms with van der Waals surface area (Å²) in [5, 5.41) is 14.8. The van der Waals surface area contributed by atoms with E-state index in [4.69, 9.17) is 16.7 Å². The van der Waals surface area contributed by atoms with Crippen LogP contribution in [0.3, 0.4) is 0 Å². The summed E-state index contributed by atoms with van der Waals surface area (Å²) in [4.78, 5) is 11.5. The van der Waals surface area contributed by atoms with Crippen molar-refractivity contribution in [2.75, 3.05) is 18.5 Å². The molecule has 1 unspecified atom stereocenters. The average Bonchev–Trinajstić information content (AvgIpc) is 2.30. The summed E-state index contributed by atoms with van der Waals surface area (Å²) in [7, 11) is 0. The molecule has 0 aliphatic rings. The maximum absolute atomic E-state index is 11.5. The Hall–Kier alpha value is -1.26. The molecular formula is C12H17ClN2O2. The summed E-state index contributed by atoms with van der Waals surface area (Å²) in [6.45, 7) is 2.65. The number of hydrogen-bond acceptors (Lipinski definition) is 2. The van der Waals surface area contributed by atoms with Gasteiger partial charge in [0, 0.05) is 23.9 Å². The molecule has 3 N–H and O–H groups in total. The minimum atomic E-state index is -0.253. The highest BCUT2D eigenvalue weighted by atomic mass is 35.5. The molecule has 17 heavy (non-hydrogen) atoms. The van der Waals surface area contributed by atoms with E-state index in [9.17, 15) is 4.79 Å². The van der Waals surface area contributed by atoms with Crippen LogP contribution in [0.2, 0.25) is 5.02 Å². The highest BCUT2D eigenvalue weighted by Crippen LogP contribution is 2.13. The minimum Gasteiger partial charge on any atom is -0.396 e. The molecule has 2 amide bonds. The fraction of sp³-hybridized carbons (Fsp3) is 0.417. The normalized spacial score (nSPS) is 11.9. The summed E-state index contributed by atoms with van der Waals surface area (Å²) in [6, 6.07) is 6.65. The molecule has 0 radical (unpaired) electrons. The van der Waals surface area contributed by atoms with E-state index in [0.717, 1.165) is 0 Å². The van der Waals surface area contributed by atoms with Crippen molar-refractivity contribution in [1.82, 2.24) is 5.32 Å². The van der Waals surface area contributed by atoms with Gasteiger partial charge in [0.25, 0.3) is 0 Å². The van der Waals surface area contributed by atoms with Gasteiger partial charge >= 0.3 is 6.03 Å². The largest absolute Gasteiger partial charge is 0.396 e. The maximum Gasteiger partial charge on any atom is 0.319 e. The SMILES string of the molecule is CC(CCO)CNC(=O)Nc1ccc(Cl)cc1. The Morgan fingerprint density at radius 2 is 2.06 bits per heavy atom. The van der Waals surface area contributed by atoms with Crippen molar-refractivity contribution in [3.8, 4) is 0 Å². The van der Waals surface area contributed by atoms with Crippen molar-refractivity contribution < 1.29 is 9.90 Å². The number of carbonyl (C=O) groups is 1. The van der Waals surface area contributed by atoms with Gasteiger partial charge in [-0.2, -0.15) is 0 Å². The van der Waals surface area contributed by atoms with E-state index in [1.54, 1.807) is 24.3 Å². The summed E-state index contributed by atoms with van der Waals surface area (Å²) < 4.78 is 0. The molecule has 0 saturated carbocycles. The molecule has 4 nitrogen and oxygen atoms in total. The third-order valence-corrected chi connectivity index (χ3v) is 2.59. The average molecular weight is 257 g/mol. The highest BCUT2D eigenvalue weighted by molar-refractivity contribution is 6.30. The van der Waals surface area contributed by atoms with Gasteiger partial charge in [-0.05, 0) is 36.6 Å². The van der Waals surface area contributed by atoms with Crippen LogP contribution in [-0.2, 0) is 0 Å². The standard InChI is InChI=1S/C12H17ClN2O2/c1-9(6-7-16)8-14-12(17)15-11-4-2-10(13)3-5-11/h2-5,9,16H,6-8H2,1H3,(H2,14,15,17). The van der Waals surface area contributed by atoms with Gasteiger partial charge in [0.05, 0.1) is 0 Å². The number of anilines is 1. The van der Waals surface area contributed by atoms with Crippen molar-refractivity contribution in [2.45, 2.75) is 13.3 Å². The first-order chi connectivity index (χ1) is 8.11. The minimum absolute atomic E-state index is 0.141. The van der Waals surface area contributed by atoms with Gasteiger partial charge in [0.2, 0.25) is 0 Å². The zero-order valence-corrected chi connectivity index (χ0v) is 10.5. The number of halogens is 1.